The fraction of sp³-hybridized carbons (Fsp3) is 0.100. The summed E-state index contributed by atoms with van der Waals surface area (Å²) in [6, 6.07) is 5.91. The molecule has 1 aromatic carbocycles. The van der Waals surface area contributed by atoms with Gasteiger partial charge in [-0.05, 0) is 5.56 Å². The monoisotopic (exact) mass is 282 g/mol. The highest BCUT2D eigenvalue weighted by atomic mass is 32.2. The Balaban J connectivity index is 2.17. The molecule has 9 heteroatoms. The molecule has 1 aromatic heterocycles. The smallest absolute Gasteiger partial charge is 0.267 e. The van der Waals surface area contributed by atoms with Gasteiger partial charge in [-0.1, -0.05) is 12.1 Å². The normalized spacial score (nSPS) is 11.4. The van der Waals surface area contributed by atoms with Crippen LogP contribution in [0.4, 0.5) is 5.69 Å². The number of primary sulfonamides is 1. The van der Waals surface area contributed by atoms with E-state index < -0.39 is 14.9 Å². The molecule has 0 unspecified atom stereocenters. The largest absolute Gasteiger partial charge is 0.269 e. The zero-order valence-electron chi connectivity index (χ0n) is 9.63. The van der Waals surface area contributed by atoms with Crippen LogP contribution in [-0.2, 0) is 16.6 Å². The van der Waals surface area contributed by atoms with E-state index >= 15 is 0 Å². The molecule has 0 aliphatic heterocycles. The van der Waals surface area contributed by atoms with E-state index in [0.29, 0.717) is 6.54 Å². The second-order valence-corrected chi connectivity index (χ2v) is 5.40. The van der Waals surface area contributed by atoms with Crippen LogP contribution in [0.15, 0.2) is 41.6 Å². The molecular formula is C10H10N4O4S. The molecule has 0 bridgehead atoms. The highest BCUT2D eigenvalue weighted by Gasteiger charge is 2.11. The van der Waals surface area contributed by atoms with Gasteiger partial charge in [0.1, 0.15) is 4.90 Å². The third-order valence-corrected chi connectivity index (χ3v) is 3.30. The fourth-order valence-corrected chi connectivity index (χ4v) is 1.95. The summed E-state index contributed by atoms with van der Waals surface area (Å²) < 4.78 is 23.5. The predicted octanol–water partition coefficient (Wildman–Crippen LogP) is 0.487. The average Bonchev–Trinajstić information content (AvgIpc) is 2.78. The van der Waals surface area contributed by atoms with Gasteiger partial charge in [0.05, 0.1) is 17.7 Å². The molecule has 0 spiro atoms. The van der Waals surface area contributed by atoms with Crippen molar-refractivity contribution in [2.24, 2.45) is 5.14 Å². The third-order valence-electron chi connectivity index (χ3n) is 2.43. The van der Waals surface area contributed by atoms with Crippen LogP contribution in [0.1, 0.15) is 5.56 Å². The minimum absolute atomic E-state index is 0.00515. The first-order chi connectivity index (χ1) is 8.86. The molecule has 0 fully saturated rings. The Kier molecular flexibility index (Phi) is 3.32. The zero-order valence-corrected chi connectivity index (χ0v) is 10.4. The molecule has 0 saturated carbocycles. The number of nitrogens with zero attached hydrogens (tertiary/aromatic N) is 3. The number of sulfonamides is 1. The molecule has 100 valence electrons. The molecule has 2 aromatic rings. The van der Waals surface area contributed by atoms with Crippen LogP contribution in [0.3, 0.4) is 0 Å². The van der Waals surface area contributed by atoms with Gasteiger partial charge in [0, 0.05) is 18.3 Å². The van der Waals surface area contributed by atoms with Crippen molar-refractivity contribution in [2.45, 2.75) is 11.4 Å². The standard InChI is InChI=1S/C10H10N4O4S/c11-19(17,18)10-5-12-13(7-10)6-8-1-3-9(4-2-8)14(15)16/h1-5,7H,6H2,(H2,11,17,18). The highest BCUT2D eigenvalue weighted by Crippen LogP contribution is 2.13. The minimum atomic E-state index is -3.76. The Morgan fingerprint density at radius 3 is 2.42 bits per heavy atom. The van der Waals surface area contributed by atoms with Gasteiger partial charge in [0.25, 0.3) is 5.69 Å². The van der Waals surface area contributed by atoms with Crippen LogP contribution in [-0.4, -0.2) is 23.1 Å². The van der Waals surface area contributed by atoms with Gasteiger partial charge in [0.15, 0.2) is 0 Å². The van der Waals surface area contributed by atoms with Crippen LogP contribution in [0.2, 0.25) is 0 Å². The second-order valence-electron chi connectivity index (χ2n) is 3.84. The van der Waals surface area contributed by atoms with Crippen molar-refractivity contribution in [3.8, 4) is 0 Å². The number of nitrogens with two attached hydrogens (primary N) is 1. The minimum Gasteiger partial charge on any atom is -0.267 e. The maximum Gasteiger partial charge on any atom is 0.269 e. The first kappa shape index (κ1) is 13.2. The molecule has 0 radical (unpaired) electrons. The molecule has 0 aliphatic carbocycles. The van der Waals surface area contributed by atoms with Crippen molar-refractivity contribution in [2.75, 3.05) is 0 Å². The fourth-order valence-electron chi connectivity index (χ4n) is 1.49. The highest BCUT2D eigenvalue weighted by molar-refractivity contribution is 7.89. The van der Waals surface area contributed by atoms with Crippen molar-refractivity contribution in [1.29, 1.82) is 0 Å². The summed E-state index contributed by atoms with van der Waals surface area (Å²) in [7, 11) is -3.76. The maximum atomic E-state index is 11.1. The summed E-state index contributed by atoms with van der Waals surface area (Å²) in [6.07, 6.45) is 2.46. The summed E-state index contributed by atoms with van der Waals surface area (Å²) in [5.41, 5.74) is 0.754. The number of nitro groups is 1. The van der Waals surface area contributed by atoms with Crippen LogP contribution in [0.5, 0.6) is 0 Å². The first-order valence-electron chi connectivity index (χ1n) is 5.15. The van der Waals surface area contributed by atoms with Crippen molar-refractivity contribution >= 4 is 15.7 Å². The van der Waals surface area contributed by atoms with E-state index in [-0.39, 0.29) is 10.6 Å². The molecule has 2 rings (SSSR count). The molecule has 8 nitrogen and oxygen atoms in total. The van der Waals surface area contributed by atoms with E-state index in [4.69, 9.17) is 5.14 Å². The van der Waals surface area contributed by atoms with Crippen LogP contribution in [0.25, 0.3) is 0 Å². The molecule has 19 heavy (non-hydrogen) atoms. The number of non-ortho nitro benzene ring substituents is 1. The summed E-state index contributed by atoms with van der Waals surface area (Å²) in [4.78, 5) is 9.93. The number of nitro benzene ring substituents is 1. The Morgan fingerprint density at radius 2 is 1.95 bits per heavy atom. The van der Waals surface area contributed by atoms with Crippen molar-refractivity contribution in [1.82, 2.24) is 9.78 Å². The van der Waals surface area contributed by atoms with E-state index in [1.54, 1.807) is 12.1 Å². The van der Waals surface area contributed by atoms with Gasteiger partial charge in [0.2, 0.25) is 10.0 Å². The number of rotatable bonds is 4. The lowest BCUT2D eigenvalue weighted by molar-refractivity contribution is -0.384. The zero-order chi connectivity index (χ0) is 14.0. The summed E-state index contributed by atoms with van der Waals surface area (Å²) >= 11 is 0. The number of hydrogen-bond donors (Lipinski definition) is 1. The van der Waals surface area contributed by atoms with Gasteiger partial charge in [-0.15, -0.1) is 0 Å². The van der Waals surface area contributed by atoms with Crippen molar-refractivity contribution < 1.29 is 13.3 Å². The van der Waals surface area contributed by atoms with E-state index in [1.165, 1.54) is 23.0 Å². The lowest BCUT2D eigenvalue weighted by Gasteiger charge is -2.01. The lowest BCUT2D eigenvalue weighted by Crippen LogP contribution is -2.11. The predicted molar refractivity (Wildman–Crippen MR) is 65.8 cm³/mol. The Labute approximate surface area is 108 Å². The molecule has 0 atom stereocenters. The second kappa shape index (κ2) is 4.78. The summed E-state index contributed by atoms with van der Waals surface area (Å²) in [5, 5.41) is 19.3. The van der Waals surface area contributed by atoms with Gasteiger partial charge in [-0.3, -0.25) is 14.8 Å². The van der Waals surface area contributed by atoms with Crippen LogP contribution in [0, 0.1) is 10.1 Å². The van der Waals surface area contributed by atoms with Gasteiger partial charge < -0.3 is 0 Å². The van der Waals surface area contributed by atoms with Gasteiger partial charge in [-0.2, -0.15) is 5.10 Å². The van der Waals surface area contributed by atoms with Crippen LogP contribution < -0.4 is 5.14 Å². The topological polar surface area (TPSA) is 121 Å². The van der Waals surface area contributed by atoms with E-state index in [0.717, 1.165) is 11.8 Å². The molecule has 0 saturated heterocycles. The van der Waals surface area contributed by atoms with Crippen molar-refractivity contribution in [3.05, 3.63) is 52.3 Å². The Morgan fingerprint density at radius 1 is 1.32 bits per heavy atom. The Bertz CT molecular complexity index is 705. The number of aromatic nitrogens is 2. The average molecular weight is 282 g/mol. The van der Waals surface area contributed by atoms with Crippen molar-refractivity contribution in [3.63, 3.8) is 0 Å². The third kappa shape index (κ3) is 3.14. The lowest BCUT2D eigenvalue weighted by atomic mass is 10.2. The Hall–Kier alpha value is -2.26. The molecule has 2 N–H and O–H groups in total. The number of benzene rings is 1. The maximum absolute atomic E-state index is 11.1. The van der Waals surface area contributed by atoms with E-state index in [1.807, 2.05) is 0 Å². The molecule has 0 amide bonds. The number of hydrogen-bond acceptors (Lipinski definition) is 5. The first-order valence-corrected chi connectivity index (χ1v) is 6.69. The summed E-state index contributed by atoms with van der Waals surface area (Å²) in [5.74, 6) is 0. The van der Waals surface area contributed by atoms with E-state index in [2.05, 4.69) is 5.10 Å². The molecular weight excluding hydrogens is 272 g/mol. The van der Waals surface area contributed by atoms with Crippen LogP contribution >= 0.6 is 0 Å². The van der Waals surface area contributed by atoms with E-state index in [9.17, 15) is 18.5 Å². The summed E-state index contributed by atoms with van der Waals surface area (Å²) in [6.45, 7) is 0.299. The van der Waals surface area contributed by atoms with Gasteiger partial charge >= 0.3 is 0 Å². The molecule has 1 heterocycles. The SMILES string of the molecule is NS(=O)(=O)c1cnn(Cc2ccc([N+](=O)[O-])cc2)c1. The quantitative estimate of drug-likeness (QED) is 0.646. The van der Waals surface area contributed by atoms with Gasteiger partial charge in [-0.25, -0.2) is 13.6 Å². The molecule has 0 aliphatic rings.